The number of allylic oxidation sites excluding steroid dienone is 2. The third kappa shape index (κ3) is 5.42. The van der Waals surface area contributed by atoms with Gasteiger partial charge in [-0.25, -0.2) is 4.98 Å². The van der Waals surface area contributed by atoms with Crippen LogP contribution in [-0.2, 0) is 4.74 Å². The van der Waals surface area contributed by atoms with Crippen LogP contribution in [0.2, 0.25) is 0 Å². The molecule has 1 saturated carbocycles. The second kappa shape index (κ2) is 10.3. The van der Waals surface area contributed by atoms with Crippen molar-refractivity contribution in [3.05, 3.63) is 35.2 Å². The Bertz CT molecular complexity index is 905. The van der Waals surface area contributed by atoms with Crippen LogP contribution < -0.4 is 10.6 Å². The van der Waals surface area contributed by atoms with Crippen molar-refractivity contribution in [2.75, 3.05) is 25.1 Å². The maximum absolute atomic E-state index is 13.8. The molecule has 188 valence electrons. The summed E-state index contributed by atoms with van der Waals surface area (Å²) in [5.41, 5.74) is 0.292. The van der Waals surface area contributed by atoms with Crippen molar-refractivity contribution < 1.29 is 22.7 Å². The van der Waals surface area contributed by atoms with Crippen molar-refractivity contribution in [1.82, 2.24) is 10.3 Å². The van der Waals surface area contributed by atoms with Crippen LogP contribution in [0.5, 0.6) is 0 Å². The van der Waals surface area contributed by atoms with E-state index in [1.807, 2.05) is 12.1 Å². The highest BCUT2D eigenvalue weighted by molar-refractivity contribution is 5.96. The van der Waals surface area contributed by atoms with E-state index in [0.717, 1.165) is 57.3 Å². The summed E-state index contributed by atoms with van der Waals surface area (Å²) < 4.78 is 46.7. The highest BCUT2D eigenvalue weighted by atomic mass is 19.4. The maximum atomic E-state index is 13.8. The number of rotatable bonds is 6. The number of hydrogen-bond acceptors (Lipinski definition) is 4. The number of carbonyl (C=O) groups is 1. The minimum absolute atomic E-state index is 0.106. The minimum atomic E-state index is -4.28. The Balaban J connectivity index is 1.50. The summed E-state index contributed by atoms with van der Waals surface area (Å²) in [6.07, 6.45) is 5.56. The molecule has 1 aliphatic heterocycles. The summed E-state index contributed by atoms with van der Waals surface area (Å²) in [5, 5.41) is 6.22. The van der Waals surface area contributed by atoms with E-state index >= 15 is 0 Å². The third-order valence-corrected chi connectivity index (χ3v) is 8.17. The molecule has 0 bridgehead atoms. The van der Waals surface area contributed by atoms with Crippen molar-refractivity contribution in [2.24, 2.45) is 17.3 Å². The number of alkyl halides is 3. The highest BCUT2D eigenvalue weighted by Gasteiger charge is 2.55. The van der Waals surface area contributed by atoms with Crippen LogP contribution in [0, 0.1) is 17.3 Å². The number of nitrogens with zero attached hydrogens (tertiary/aromatic N) is 1. The molecule has 2 heterocycles. The SMILES string of the molecule is CC1CC=C(Nc2cc(C3CCCC3)c(C(=O)NCC3CCOCC3)cn2)CC1(C)C(F)(F)F. The Morgan fingerprint density at radius 3 is 2.59 bits per heavy atom. The molecule has 2 aliphatic carbocycles. The van der Waals surface area contributed by atoms with Gasteiger partial charge in [0.1, 0.15) is 5.82 Å². The van der Waals surface area contributed by atoms with Gasteiger partial charge in [0.25, 0.3) is 5.91 Å². The lowest BCUT2D eigenvalue weighted by atomic mass is 9.69. The molecule has 4 rings (SSSR count). The number of aromatic nitrogens is 1. The zero-order chi connectivity index (χ0) is 24.3. The fourth-order valence-electron chi connectivity index (χ4n) is 5.45. The number of halogens is 3. The summed E-state index contributed by atoms with van der Waals surface area (Å²) in [6, 6.07) is 1.88. The van der Waals surface area contributed by atoms with Crippen LogP contribution in [0.15, 0.2) is 24.0 Å². The zero-order valence-electron chi connectivity index (χ0n) is 20.1. The van der Waals surface area contributed by atoms with Gasteiger partial charge in [-0.3, -0.25) is 4.79 Å². The lowest BCUT2D eigenvalue weighted by Gasteiger charge is -2.40. The number of nitrogens with one attached hydrogen (secondary N) is 2. The summed E-state index contributed by atoms with van der Waals surface area (Å²) >= 11 is 0. The number of anilines is 1. The Morgan fingerprint density at radius 2 is 1.91 bits per heavy atom. The topological polar surface area (TPSA) is 63.2 Å². The summed E-state index contributed by atoms with van der Waals surface area (Å²) in [5.74, 6) is 0.594. The molecule has 5 nitrogen and oxygen atoms in total. The van der Waals surface area contributed by atoms with Gasteiger partial charge in [-0.1, -0.05) is 32.8 Å². The monoisotopic (exact) mass is 479 g/mol. The fourth-order valence-corrected chi connectivity index (χ4v) is 5.45. The first-order chi connectivity index (χ1) is 16.2. The molecule has 1 amide bonds. The van der Waals surface area contributed by atoms with Gasteiger partial charge >= 0.3 is 6.18 Å². The normalized spacial score (nSPS) is 26.9. The van der Waals surface area contributed by atoms with Crippen molar-refractivity contribution in [3.8, 4) is 0 Å². The van der Waals surface area contributed by atoms with E-state index in [1.54, 1.807) is 13.1 Å². The largest absolute Gasteiger partial charge is 0.394 e. The Labute approximate surface area is 199 Å². The molecule has 0 radical (unpaired) electrons. The molecule has 1 aromatic heterocycles. The Hall–Kier alpha value is -2.09. The lowest BCUT2D eigenvalue weighted by Crippen LogP contribution is -2.43. The molecule has 3 aliphatic rings. The molecule has 8 heteroatoms. The molecule has 2 N–H and O–H groups in total. The quantitative estimate of drug-likeness (QED) is 0.511. The fraction of sp³-hybridized carbons (Fsp3) is 0.692. The average molecular weight is 480 g/mol. The van der Waals surface area contributed by atoms with Gasteiger partial charge in [-0.15, -0.1) is 0 Å². The molecule has 2 fully saturated rings. The molecule has 1 aromatic rings. The number of ether oxygens (including phenoxy) is 1. The van der Waals surface area contributed by atoms with E-state index in [9.17, 15) is 18.0 Å². The van der Waals surface area contributed by atoms with Crippen LogP contribution in [0.3, 0.4) is 0 Å². The van der Waals surface area contributed by atoms with Crippen molar-refractivity contribution in [2.45, 2.75) is 77.3 Å². The standard InChI is InChI=1S/C26H36F3N3O2/c1-17-7-8-20(14-25(17,2)26(27,28)29)32-23-13-21(19-5-3-4-6-19)22(16-30-23)24(33)31-15-18-9-11-34-12-10-18/h8,13,16-19H,3-7,9-12,14-15H2,1-2H3,(H,30,32)(H,31,33). The van der Waals surface area contributed by atoms with Gasteiger partial charge in [-0.2, -0.15) is 13.2 Å². The summed E-state index contributed by atoms with van der Waals surface area (Å²) in [7, 11) is 0. The highest BCUT2D eigenvalue weighted by Crippen LogP contribution is 2.51. The molecule has 0 aromatic carbocycles. The molecule has 1 saturated heterocycles. The number of hydrogen-bond donors (Lipinski definition) is 2. The van der Waals surface area contributed by atoms with E-state index in [4.69, 9.17) is 4.74 Å². The number of carbonyl (C=O) groups excluding carboxylic acids is 1. The van der Waals surface area contributed by atoms with Gasteiger partial charge in [0.2, 0.25) is 0 Å². The van der Waals surface area contributed by atoms with Crippen molar-refractivity contribution in [1.29, 1.82) is 0 Å². The van der Waals surface area contributed by atoms with Gasteiger partial charge in [0, 0.05) is 38.1 Å². The van der Waals surface area contributed by atoms with Gasteiger partial charge in [0.05, 0.1) is 11.0 Å². The lowest BCUT2D eigenvalue weighted by molar-refractivity contribution is -0.235. The Kier molecular flexibility index (Phi) is 7.55. The second-order valence-electron chi connectivity index (χ2n) is 10.5. The van der Waals surface area contributed by atoms with E-state index in [-0.39, 0.29) is 18.2 Å². The van der Waals surface area contributed by atoms with Gasteiger partial charge in [0.15, 0.2) is 0 Å². The average Bonchev–Trinajstić information content (AvgIpc) is 3.35. The van der Waals surface area contributed by atoms with Crippen LogP contribution in [0.25, 0.3) is 0 Å². The maximum Gasteiger partial charge on any atom is 0.394 e. The first-order valence-electron chi connectivity index (χ1n) is 12.6. The predicted molar refractivity (Wildman–Crippen MR) is 126 cm³/mol. The number of pyridine rings is 1. The van der Waals surface area contributed by atoms with E-state index in [2.05, 4.69) is 15.6 Å². The second-order valence-corrected chi connectivity index (χ2v) is 10.5. The van der Waals surface area contributed by atoms with Crippen LogP contribution in [0.4, 0.5) is 19.0 Å². The Morgan fingerprint density at radius 1 is 1.21 bits per heavy atom. The number of amides is 1. The molecule has 0 spiro atoms. The van der Waals surface area contributed by atoms with Gasteiger partial charge in [-0.05, 0) is 61.5 Å². The summed E-state index contributed by atoms with van der Waals surface area (Å²) in [4.78, 5) is 17.5. The molecular formula is C26H36F3N3O2. The minimum Gasteiger partial charge on any atom is -0.381 e. The molecule has 2 unspecified atom stereocenters. The van der Waals surface area contributed by atoms with Crippen molar-refractivity contribution in [3.63, 3.8) is 0 Å². The molecule has 34 heavy (non-hydrogen) atoms. The predicted octanol–water partition coefficient (Wildman–Crippen LogP) is 6.19. The van der Waals surface area contributed by atoms with Crippen LogP contribution in [-0.4, -0.2) is 36.8 Å². The third-order valence-electron chi connectivity index (χ3n) is 8.17. The molecular weight excluding hydrogens is 443 g/mol. The van der Waals surface area contributed by atoms with E-state index < -0.39 is 17.5 Å². The van der Waals surface area contributed by atoms with E-state index in [1.165, 1.54) is 6.92 Å². The molecule has 2 atom stereocenters. The first kappa shape index (κ1) is 25.0. The smallest absolute Gasteiger partial charge is 0.381 e. The zero-order valence-corrected chi connectivity index (χ0v) is 20.1. The van der Waals surface area contributed by atoms with Gasteiger partial charge < -0.3 is 15.4 Å². The first-order valence-corrected chi connectivity index (χ1v) is 12.6. The van der Waals surface area contributed by atoms with Crippen LogP contribution >= 0.6 is 0 Å². The van der Waals surface area contributed by atoms with E-state index in [0.29, 0.717) is 36.0 Å². The van der Waals surface area contributed by atoms with Crippen molar-refractivity contribution >= 4 is 11.7 Å². The summed E-state index contributed by atoms with van der Waals surface area (Å²) in [6.45, 7) is 5.05. The van der Waals surface area contributed by atoms with Crippen LogP contribution in [0.1, 0.15) is 87.1 Å².